The highest BCUT2D eigenvalue weighted by Crippen LogP contribution is 2.51. The molecule has 2 rings (SSSR count). The van der Waals surface area contributed by atoms with Gasteiger partial charge in [-0.25, -0.2) is 0 Å². The highest BCUT2D eigenvalue weighted by Gasteiger charge is 2.56. The Bertz CT molecular complexity index is 2810. The number of unbranched alkanes of at least 4 members (excludes halogenated alkanes) is 5. The summed E-state index contributed by atoms with van der Waals surface area (Å²) in [6.07, 6.45) is 1.12. The monoisotopic (exact) mass is 1410 g/mol. The topological polar surface area (TPSA) is 462 Å². The second kappa shape index (κ2) is 43.6. The zero-order valence-corrected chi connectivity index (χ0v) is 58.5. The van der Waals surface area contributed by atoms with Gasteiger partial charge in [-0.15, -0.1) is 0 Å². The Morgan fingerprint density at radius 1 is 0.449 bits per heavy atom. The molecule has 1 aromatic rings. The van der Waals surface area contributed by atoms with Gasteiger partial charge in [0.15, 0.2) is 5.78 Å². The van der Waals surface area contributed by atoms with Gasteiger partial charge in [0.2, 0.25) is 17.7 Å². The smallest absolute Gasteiger partial charge is 0.320 e. The van der Waals surface area contributed by atoms with Crippen LogP contribution in [0.25, 0.3) is 0 Å². The van der Waals surface area contributed by atoms with E-state index < -0.39 is 178 Å². The number of nitrogens with zero attached hydrogens (tertiary/aromatic N) is 4. The van der Waals surface area contributed by atoms with Gasteiger partial charge in [0.25, 0.3) is 14.3 Å². The molecule has 0 aromatic heterocycles. The fraction of sp³-hybridized carbons (Fsp3) is 0.697. The van der Waals surface area contributed by atoms with E-state index in [9.17, 15) is 103 Å². The molecule has 0 radical (unpaired) electrons. The van der Waals surface area contributed by atoms with Crippen molar-refractivity contribution in [3.05, 3.63) is 29.8 Å². The maximum atomic E-state index is 17.1. The minimum atomic E-state index is -3.73. The second-order valence-electron chi connectivity index (χ2n) is 27.3. The molecule has 1 fully saturated rings. The Labute approximate surface area is 572 Å². The molecule has 1 heterocycles. The predicted octanol–water partition coefficient (Wildman–Crippen LogP) is 3.52. The van der Waals surface area contributed by atoms with Crippen molar-refractivity contribution in [3.8, 4) is 0 Å². The van der Waals surface area contributed by atoms with Crippen LogP contribution in [0.2, 0.25) is 10.1 Å². The Morgan fingerprint density at radius 3 is 1.24 bits per heavy atom. The number of hydrogen-bond donors (Lipinski definition) is 12. The lowest BCUT2D eigenvalue weighted by atomic mass is 9.90. The first-order chi connectivity index (χ1) is 45.8. The molecule has 98 heavy (non-hydrogen) atoms. The van der Waals surface area contributed by atoms with Gasteiger partial charge in [-0.05, 0) is 78.8 Å². The van der Waals surface area contributed by atoms with E-state index in [-0.39, 0.29) is 128 Å². The number of carbonyl (C=O) groups is 14. The predicted molar refractivity (Wildman–Crippen MR) is 357 cm³/mol. The van der Waals surface area contributed by atoms with Crippen LogP contribution in [-0.4, -0.2) is 256 Å². The third kappa shape index (κ3) is 33.2. The first-order valence-electron chi connectivity index (χ1n) is 33.5. The molecule has 1 aromatic carbocycles. The summed E-state index contributed by atoms with van der Waals surface area (Å²) in [5.41, 5.74) is 0.0947. The molecule has 32 heteroatoms. The first kappa shape index (κ1) is 86.3. The number of carbonyl (C=O) groups excluding carboxylic acids is 6. The molecule has 1 saturated heterocycles. The normalized spacial score (nSPS) is 15.7. The van der Waals surface area contributed by atoms with Crippen molar-refractivity contribution in [1.82, 2.24) is 40.9 Å². The molecule has 30 nitrogen and oxygen atoms in total. The molecule has 0 saturated carbocycles. The van der Waals surface area contributed by atoms with Crippen molar-refractivity contribution in [3.63, 3.8) is 0 Å². The van der Waals surface area contributed by atoms with E-state index in [0.29, 0.717) is 50.1 Å². The van der Waals surface area contributed by atoms with Crippen LogP contribution in [-0.2, 0) is 62.3 Å². The summed E-state index contributed by atoms with van der Waals surface area (Å²) in [6, 6.07) is 3.05. The zero-order valence-electron chi connectivity index (χ0n) is 57.5. The van der Waals surface area contributed by atoms with E-state index in [1.54, 1.807) is 17.0 Å². The van der Waals surface area contributed by atoms with E-state index in [4.69, 9.17) is 5.11 Å². The Balaban J connectivity index is 2.09. The molecule has 4 amide bonds. The maximum Gasteiger partial charge on any atom is 0.320 e. The van der Waals surface area contributed by atoms with Crippen LogP contribution >= 0.6 is 0 Å². The molecular formula is C66H105FN8O22Si. The number of carboxylic acid groups (broad SMARTS) is 8. The number of carboxylic acids is 8. The van der Waals surface area contributed by atoms with E-state index in [1.807, 2.05) is 41.5 Å². The number of rotatable bonds is 46. The number of benzene rings is 1. The highest BCUT2D eigenvalue weighted by molar-refractivity contribution is 6.90. The van der Waals surface area contributed by atoms with Gasteiger partial charge < -0.3 is 66.2 Å². The Morgan fingerprint density at radius 2 is 0.857 bits per heavy atom. The summed E-state index contributed by atoms with van der Waals surface area (Å²) in [5.74, 6) is -17.0. The number of hydrogen-bond acceptors (Lipinski definition) is 18. The number of Topliss-reactive ketones (excluding diaryl/α,β-unsaturated/α-hetero) is 2. The van der Waals surface area contributed by atoms with Crippen molar-refractivity contribution in [1.29, 1.82) is 0 Å². The summed E-state index contributed by atoms with van der Waals surface area (Å²) < 4.78 is 17.1. The first-order valence-corrected chi connectivity index (χ1v) is 35.4. The van der Waals surface area contributed by atoms with Crippen molar-refractivity contribution >= 4 is 96.5 Å². The fourth-order valence-corrected chi connectivity index (χ4v) is 16.7. The minimum absolute atomic E-state index is 0.0198. The molecule has 1 aliphatic heterocycles. The zero-order chi connectivity index (χ0) is 73.9. The Hall–Kier alpha value is -7.81. The molecule has 0 unspecified atom stereocenters. The van der Waals surface area contributed by atoms with Crippen LogP contribution in [0.1, 0.15) is 174 Å². The van der Waals surface area contributed by atoms with Crippen molar-refractivity contribution in [2.75, 3.05) is 91.6 Å². The van der Waals surface area contributed by atoms with Crippen molar-refractivity contribution in [2.45, 2.75) is 186 Å². The SMILES string of the molecule is CC(C)(C)[Si](F)(c1ccc(C(=O)NC[C@H](NC(=O)CC[C@@H](C(=O)O)N2CCN(CC(=O)O)CCN(CC(=O)O)CCN(CC(=O)O)CC2)C(=O)C[C@H](CCCCNC(=O)CCCCCCC(=O)NCCCC[C@H](CC(=O)C[C@@H](CCC(=O)O)C(=O)O)C(=O)O)C(=O)O)cc1)C(C)(C)C. The molecule has 0 bridgehead atoms. The van der Waals surface area contributed by atoms with E-state index >= 15 is 4.11 Å². The molecule has 0 aliphatic carbocycles. The molecule has 1 aliphatic rings. The van der Waals surface area contributed by atoms with Crippen LogP contribution < -0.4 is 26.5 Å². The van der Waals surface area contributed by atoms with Gasteiger partial charge in [-0.3, -0.25) is 86.7 Å². The van der Waals surface area contributed by atoms with Crippen LogP contribution in [0.4, 0.5) is 4.11 Å². The minimum Gasteiger partial charge on any atom is -0.481 e. The Kier molecular flexibility index (Phi) is 38.3. The van der Waals surface area contributed by atoms with Gasteiger partial charge in [0, 0.05) is 123 Å². The highest BCUT2D eigenvalue weighted by atomic mass is 28.4. The van der Waals surface area contributed by atoms with Crippen LogP contribution in [0.15, 0.2) is 24.3 Å². The van der Waals surface area contributed by atoms with Crippen molar-refractivity contribution < 1.29 is 112 Å². The number of halogens is 1. The fourth-order valence-electron chi connectivity index (χ4n) is 12.1. The summed E-state index contributed by atoms with van der Waals surface area (Å²) >= 11 is 0. The number of aliphatic carboxylic acids is 8. The quantitative estimate of drug-likeness (QED) is 0.0252. The standard InChI is InChI=1S/C66H105FN8O22Si/c1-65(2,3)98(67,66(4,5)6)49-22-19-44(20-23-49)60(89)70-40-50(71-55(80)25-24-51(64(96)97)75-35-33-73(42-58(85)86)31-29-72(41-57(83)84)30-32-74(34-36-75)43-59(87)88)52(77)39-46(62(92)93)16-12-14-28-69-54(79)18-10-8-7-9-17-53(78)68-27-13-11-15-45(61(90)91)37-48(76)38-47(63(94)95)21-26-56(81)82/h19-20,22-23,45-47,50-51H,7-18,21,24-43H2,1-6H3,(H,68,78)(H,69,79)(H,70,89)(H,71,80)(H,81,82)(H,83,84)(H,85,86)(H,87,88)(H,90,91)(H,92,93)(H,94,95)(H,96,97)/t45-,46+,47-,50+,51+/m1/s1. The molecule has 5 atom stereocenters. The number of nitrogens with one attached hydrogen (secondary N) is 4. The summed E-state index contributed by atoms with van der Waals surface area (Å²) in [5, 5.41) is 87.3. The lowest BCUT2D eigenvalue weighted by Gasteiger charge is -2.44. The van der Waals surface area contributed by atoms with E-state index in [0.717, 1.165) is 0 Å². The number of ketones is 2. The lowest BCUT2D eigenvalue weighted by Crippen LogP contribution is -2.57. The largest absolute Gasteiger partial charge is 0.481 e. The summed E-state index contributed by atoms with van der Waals surface area (Å²) in [7, 11) is -3.73. The molecular weight excluding hydrogens is 1300 g/mol. The van der Waals surface area contributed by atoms with Gasteiger partial charge >= 0.3 is 47.8 Å². The number of amides is 4. The maximum absolute atomic E-state index is 17.1. The van der Waals surface area contributed by atoms with Gasteiger partial charge in [-0.1, -0.05) is 79.4 Å². The molecule has 552 valence electrons. The molecule has 0 spiro atoms. The third-order valence-electron chi connectivity index (χ3n) is 17.4. The lowest BCUT2D eigenvalue weighted by molar-refractivity contribution is -0.146. The van der Waals surface area contributed by atoms with Gasteiger partial charge in [0.1, 0.15) is 17.9 Å². The van der Waals surface area contributed by atoms with Gasteiger partial charge in [-0.2, -0.15) is 0 Å². The van der Waals surface area contributed by atoms with Crippen molar-refractivity contribution in [2.24, 2.45) is 17.8 Å². The van der Waals surface area contributed by atoms with Crippen LogP contribution in [0.3, 0.4) is 0 Å². The average molecular weight is 1410 g/mol. The van der Waals surface area contributed by atoms with E-state index in [2.05, 4.69) is 21.3 Å². The average Bonchev–Trinajstić information content (AvgIpc) is 0.749. The summed E-state index contributed by atoms with van der Waals surface area (Å²) in [4.78, 5) is 180. The van der Waals surface area contributed by atoms with E-state index in [1.165, 1.54) is 26.8 Å². The van der Waals surface area contributed by atoms with Gasteiger partial charge in [0.05, 0.1) is 37.4 Å². The molecule has 12 N–H and O–H groups in total. The van der Waals surface area contributed by atoms with Crippen LogP contribution in [0, 0.1) is 17.8 Å². The third-order valence-corrected chi connectivity index (χ3v) is 22.7. The second-order valence-corrected chi connectivity index (χ2v) is 32.2. The summed E-state index contributed by atoms with van der Waals surface area (Å²) in [6.45, 7) is 9.63. The van der Waals surface area contributed by atoms with Crippen LogP contribution in [0.5, 0.6) is 0 Å².